The Labute approximate surface area is 134 Å². The van der Waals surface area contributed by atoms with E-state index in [1.807, 2.05) is 49.4 Å². The van der Waals surface area contributed by atoms with Crippen LogP contribution in [0.4, 0.5) is 0 Å². The molecule has 0 N–H and O–H groups in total. The largest absolute Gasteiger partial charge is 0.497 e. The third kappa shape index (κ3) is 3.34. The van der Waals surface area contributed by atoms with Gasteiger partial charge in [0.25, 0.3) is 5.89 Å². The molecule has 0 unspecified atom stereocenters. The van der Waals surface area contributed by atoms with Crippen LogP contribution in [0.3, 0.4) is 0 Å². The van der Waals surface area contributed by atoms with Gasteiger partial charge in [-0.15, -0.1) is 10.2 Å². The first-order valence-corrected chi connectivity index (χ1v) is 7.45. The van der Waals surface area contributed by atoms with E-state index in [-0.39, 0.29) is 0 Å². The van der Waals surface area contributed by atoms with Crippen molar-refractivity contribution < 1.29 is 13.6 Å². The molecule has 0 saturated heterocycles. The monoisotopic (exact) mass is 310 g/mol. The SMILES string of the molecule is CC/C(=C\c1nnc(-c2ccc(C)o2)o1)c1ccc(OC)cc1. The normalized spacial score (nSPS) is 11.7. The number of rotatable bonds is 5. The van der Waals surface area contributed by atoms with E-state index in [4.69, 9.17) is 13.6 Å². The fraction of sp³-hybridized carbons (Fsp3) is 0.222. The Morgan fingerprint density at radius 1 is 1.09 bits per heavy atom. The number of aromatic nitrogens is 2. The first-order valence-electron chi connectivity index (χ1n) is 7.45. The maximum absolute atomic E-state index is 5.66. The standard InChI is InChI=1S/C18H18N2O3/c1-4-13(14-6-8-15(21-3)9-7-14)11-17-19-20-18(23-17)16-10-5-12(2)22-16/h5-11H,4H2,1-3H3/b13-11+. The summed E-state index contributed by atoms with van der Waals surface area (Å²) in [6.07, 6.45) is 2.75. The number of furan rings is 1. The first kappa shape index (κ1) is 15.1. The Morgan fingerprint density at radius 2 is 1.87 bits per heavy atom. The van der Waals surface area contributed by atoms with Gasteiger partial charge in [0.1, 0.15) is 11.5 Å². The number of nitrogens with zero attached hydrogens (tertiary/aromatic N) is 2. The van der Waals surface area contributed by atoms with Gasteiger partial charge in [-0.3, -0.25) is 0 Å². The van der Waals surface area contributed by atoms with Crippen molar-refractivity contribution >= 4 is 11.6 Å². The van der Waals surface area contributed by atoms with Crippen molar-refractivity contribution in [3.63, 3.8) is 0 Å². The number of hydrogen-bond donors (Lipinski definition) is 0. The minimum Gasteiger partial charge on any atom is -0.497 e. The molecule has 0 fully saturated rings. The highest BCUT2D eigenvalue weighted by molar-refractivity contribution is 5.79. The Kier molecular flexibility index (Phi) is 4.28. The van der Waals surface area contributed by atoms with E-state index in [0.29, 0.717) is 17.5 Å². The Bertz CT molecular complexity index is 813. The predicted octanol–water partition coefficient (Wildman–Crippen LogP) is 4.60. The molecule has 0 saturated carbocycles. The number of methoxy groups -OCH3 is 1. The lowest BCUT2D eigenvalue weighted by atomic mass is 10.0. The summed E-state index contributed by atoms with van der Waals surface area (Å²) in [6, 6.07) is 11.6. The summed E-state index contributed by atoms with van der Waals surface area (Å²) < 4.78 is 16.3. The number of aryl methyl sites for hydroxylation is 1. The zero-order chi connectivity index (χ0) is 16.2. The second kappa shape index (κ2) is 6.52. The van der Waals surface area contributed by atoms with Crippen LogP contribution in [-0.2, 0) is 0 Å². The molecule has 0 aliphatic carbocycles. The summed E-state index contributed by atoms with van der Waals surface area (Å²) in [5, 5.41) is 8.10. The third-order valence-corrected chi connectivity index (χ3v) is 3.53. The van der Waals surface area contributed by atoms with Crippen molar-refractivity contribution in [1.82, 2.24) is 10.2 Å². The van der Waals surface area contributed by atoms with E-state index in [0.717, 1.165) is 29.1 Å². The zero-order valence-corrected chi connectivity index (χ0v) is 13.4. The van der Waals surface area contributed by atoms with Gasteiger partial charge in [0, 0.05) is 6.08 Å². The van der Waals surface area contributed by atoms with Crippen LogP contribution in [-0.4, -0.2) is 17.3 Å². The zero-order valence-electron chi connectivity index (χ0n) is 13.4. The van der Waals surface area contributed by atoms with Crippen LogP contribution in [0.5, 0.6) is 5.75 Å². The van der Waals surface area contributed by atoms with Crippen molar-refractivity contribution in [2.75, 3.05) is 7.11 Å². The quantitative estimate of drug-likeness (QED) is 0.689. The van der Waals surface area contributed by atoms with Gasteiger partial charge in [0.05, 0.1) is 7.11 Å². The molecule has 0 aliphatic heterocycles. The molecule has 118 valence electrons. The minimum absolute atomic E-state index is 0.384. The lowest BCUT2D eigenvalue weighted by Crippen LogP contribution is -1.86. The van der Waals surface area contributed by atoms with E-state index >= 15 is 0 Å². The molecule has 0 spiro atoms. The topological polar surface area (TPSA) is 61.3 Å². The summed E-state index contributed by atoms with van der Waals surface area (Å²) >= 11 is 0. The molecule has 3 rings (SSSR count). The molecule has 2 aromatic heterocycles. The van der Waals surface area contributed by atoms with Crippen LogP contribution in [0.25, 0.3) is 23.3 Å². The Balaban J connectivity index is 1.87. The van der Waals surface area contributed by atoms with Crippen molar-refractivity contribution in [1.29, 1.82) is 0 Å². The predicted molar refractivity (Wildman–Crippen MR) is 87.9 cm³/mol. The van der Waals surface area contributed by atoms with Gasteiger partial charge in [-0.1, -0.05) is 19.1 Å². The van der Waals surface area contributed by atoms with E-state index in [2.05, 4.69) is 17.1 Å². The Hall–Kier alpha value is -2.82. The Morgan fingerprint density at radius 3 is 2.48 bits per heavy atom. The van der Waals surface area contributed by atoms with Gasteiger partial charge in [-0.2, -0.15) is 0 Å². The van der Waals surface area contributed by atoms with Crippen LogP contribution in [0.2, 0.25) is 0 Å². The summed E-state index contributed by atoms with van der Waals surface area (Å²) in [6.45, 7) is 3.96. The second-order valence-corrected chi connectivity index (χ2v) is 5.11. The average molecular weight is 310 g/mol. The highest BCUT2D eigenvalue weighted by Crippen LogP contribution is 2.25. The van der Waals surface area contributed by atoms with Gasteiger partial charge in [0.2, 0.25) is 5.89 Å². The van der Waals surface area contributed by atoms with Gasteiger partial charge in [-0.25, -0.2) is 0 Å². The molecule has 1 aromatic carbocycles. The molecule has 5 heteroatoms. The molecule has 0 aliphatic rings. The van der Waals surface area contributed by atoms with E-state index < -0.39 is 0 Å². The summed E-state index contributed by atoms with van der Waals surface area (Å²) in [7, 11) is 1.65. The van der Waals surface area contributed by atoms with Crippen molar-refractivity contribution in [2.45, 2.75) is 20.3 Å². The fourth-order valence-corrected chi connectivity index (χ4v) is 2.29. The summed E-state index contributed by atoms with van der Waals surface area (Å²) in [5.74, 6) is 3.06. The summed E-state index contributed by atoms with van der Waals surface area (Å²) in [4.78, 5) is 0. The van der Waals surface area contributed by atoms with Crippen molar-refractivity contribution in [2.24, 2.45) is 0 Å². The molecule has 5 nitrogen and oxygen atoms in total. The van der Waals surface area contributed by atoms with E-state index in [1.54, 1.807) is 7.11 Å². The lowest BCUT2D eigenvalue weighted by Gasteiger charge is -2.05. The molecule has 0 radical (unpaired) electrons. The molecule has 2 heterocycles. The molecule has 0 bridgehead atoms. The molecular weight excluding hydrogens is 292 g/mol. The fourth-order valence-electron chi connectivity index (χ4n) is 2.29. The first-order chi connectivity index (χ1) is 11.2. The van der Waals surface area contributed by atoms with Gasteiger partial charge in [0.15, 0.2) is 5.76 Å². The average Bonchev–Trinajstić information content (AvgIpc) is 3.21. The lowest BCUT2D eigenvalue weighted by molar-refractivity contribution is 0.415. The maximum atomic E-state index is 5.66. The number of ether oxygens (including phenoxy) is 1. The van der Waals surface area contributed by atoms with Crippen LogP contribution in [0, 0.1) is 6.92 Å². The van der Waals surface area contributed by atoms with E-state index in [9.17, 15) is 0 Å². The number of allylic oxidation sites excluding steroid dienone is 1. The second-order valence-electron chi connectivity index (χ2n) is 5.11. The van der Waals surface area contributed by atoms with Crippen LogP contribution in [0.1, 0.15) is 30.6 Å². The van der Waals surface area contributed by atoms with Crippen LogP contribution < -0.4 is 4.74 Å². The van der Waals surface area contributed by atoms with Gasteiger partial charge in [-0.05, 0) is 48.7 Å². The molecule has 0 atom stereocenters. The summed E-state index contributed by atoms with van der Waals surface area (Å²) in [5.41, 5.74) is 2.21. The number of hydrogen-bond acceptors (Lipinski definition) is 5. The maximum Gasteiger partial charge on any atom is 0.283 e. The highest BCUT2D eigenvalue weighted by atomic mass is 16.5. The van der Waals surface area contributed by atoms with Crippen molar-refractivity contribution in [3.05, 3.63) is 53.6 Å². The van der Waals surface area contributed by atoms with E-state index in [1.165, 1.54) is 0 Å². The van der Waals surface area contributed by atoms with Gasteiger partial charge < -0.3 is 13.6 Å². The van der Waals surface area contributed by atoms with Crippen LogP contribution in [0.15, 0.2) is 45.2 Å². The third-order valence-electron chi connectivity index (χ3n) is 3.53. The molecule has 23 heavy (non-hydrogen) atoms. The molecular formula is C18H18N2O3. The van der Waals surface area contributed by atoms with Crippen LogP contribution >= 0.6 is 0 Å². The minimum atomic E-state index is 0.384. The van der Waals surface area contributed by atoms with Gasteiger partial charge >= 0.3 is 0 Å². The highest BCUT2D eigenvalue weighted by Gasteiger charge is 2.11. The molecule has 3 aromatic rings. The smallest absolute Gasteiger partial charge is 0.283 e. The molecule has 0 amide bonds. The number of benzene rings is 1. The van der Waals surface area contributed by atoms with Crippen molar-refractivity contribution in [3.8, 4) is 17.4 Å².